The number of nitrogens with zero attached hydrogens (tertiary/aromatic N) is 3. The van der Waals surface area contributed by atoms with Crippen molar-refractivity contribution in [3.05, 3.63) is 0 Å². The van der Waals surface area contributed by atoms with Gasteiger partial charge in [-0.15, -0.1) is 0 Å². The molecule has 5 atom stereocenters. The molecule has 0 spiro atoms. The molecule has 3 heteroatoms. The molecular weight excluding hydrogens is 366 g/mol. The van der Waals surface area contributed by atoms with Crippen molar-refractivity contribution in [2.24, 2.45) is 11.8 Å². The molecule has 4 aliphatic rings. The minimum atomic E-state index is 0.783. The third-order valence-corrected chi connectivity index (χ3v) is 9.26. The van der Waals surface area contributed by atoms with E-state index in [9.17, 15) is 0 Å². The standard InChI is InChI=1S/C27H51N3/c1-23(28-16-6-3-4-7-17-28)10-14-27(29-18-8-5-9-19-29)15-11-24(2)30-21-25-12-13-26(20-25)22-30/h23-27H,3-22H2,1-2H3/t23?,24?,25-,26+,27?. The molecule has 0 amide bonds. The van der Waals surface area contributed by atoms with E-state index in [1.807, 2.05) is 0 Å². The zero-order valence-electron chi connectivity index (χ0n) is 20.4. The van der Waals surface area contributed by atoms with Crippen LogP contribution in [0.3, 0.4) is 0 Å². The number of rotatable bonds is 9. The highest BCUT2D eigenvalue weighted by atomic mass is 15.2. The summed E-state index contributed by atoms with van der Waals surface area (Å²) in [5.74, 6) is 2.05. The van der Waals surface area contributed by atoms with Crippen LogP contribution < -0.4 is 0 Å². The number of hydrogen-bond donors (Lipinski definition) is 0. The lowest BCUT2D eigenvalue weighted by Crippen LogP contribution is -2.44. The average molecular weight is 418 g/mol. The van der Waals surface area contributed by atoms with Crippen LogP contribution in [0.15, 0.2) is 0 Å². The van der Waals surface area contributed by atoms with Crippen LogP contribution in [0.2, 0.25) is 0 Å². The Balaban J connectivity index is 1.27. The second-order valence-electron chi connectivity index (χ2n) is 11.6. The Morgan fingerprint density at radius 1 is 0.567 bits per heavy atom. The molecule has 1 saturated carbocycles. The van der Waals surface area contributed by atoms with Crippen molar-refractivity contribution in [3.63, 3.8) is 0 Å². The van der Waals surface area contributed by atoms with Crippen molar-refractivity contribution < 1.29 is 0 Å². The van der Waals surface area contributed by atoms with E-state index in [0.29, 0.717) is 0 Å². The van der Waals surface area contributed by atoms with Gasteiger partial charge >= 0.3 is 0 Å². The Bertz CT molecular complexity index is 468. The zero-order valence-corrected chi connectivity index (χ0v) is 20.4. The lowest BCUT2D eigenvalue weighted by Gasteiger charge is -2.39. The molecule has 30 heavy (non-hydrogen) atoms. The van der Waals surface area contributed by atoms with E-state index < -0.39 is 0 Å². The van der Waals surface area contributed by atoms with Crippen LogP contribution in [0.4, 0.5) is 0 Å². The van der Waals surface area contributed by atoms with Crippen LogP contribution in [0, 0.1) is 11.8 Å². The smallest absolute Gasteiger partial charge is 0.00964 e. The molecule has 4 fully saturated rings. The molecule has 2 bridgehead atoms. The molecule has 3 nitrogen and oxygen atoms in total. The molecule has 0 aromatic rings. The van der Waals surface area contributed by atoms with Crippen molar-refractivity contribution in [2.45, 2.75) is 122 Å². The van der Waals surface area contributed by atoms with Gasteiger partial charge in [-0.3, -0.25) is 0 Å². The maximum Gasteiger partial charge on any atom is 0.00964 e. The van der Waals surface area contributed by atoms with Gasteiger partial charge in [0.25, 0.3) is 0 Å². The van der Waals surface area contributed by atoms with Gasteiger partial charge < -0.3 is 14.7 Å². The summed E-state index contributed by atoms with van der Waals surface area (Å²) in [4.78, 5) is 8.58. The molecule has 174 valence electrons. The summed E-state index contributed by atoms with van der Waals surface area (Å²) in [6.45, 7) is 13.3. The first-order valence-electron chi connectivity index (χ1n) is 13.9. The number of fused-ring (bicyclic) bond motifs is 2. The fourth-order valence-corrected chi connectivity index (χ4v) is 7.17. The van der Waals surface area contributed by atoms with Gasteiger partial charge in [-0.2, -0.15) is 0 Å². The highest BCUT2D eigenvalue weighted by molar-refractivity contribution is 4.88. The van der Waals surface area contributed by atoms with Gasteiger partial charge in [0.15, 0.2) is 0 Å². The van der Waals surface area contributed by atoms with Gasteiger partial charge in [-0.1, -0.05) is 19.3 Å². The van der Waals surface area contributed by atoms with E-state index in [2.05, 4.69) is 28.5 Å². The molecule has 4 rings (SSSR count). The third-order valence-electron chi connectivity index (χ3n) is 9.26. The number of piperidine rings is 2. The maximum atomic E-state index is 2.89. The largest absolute Gasteiger partial charge is 0.301 e. The van der Waals surface area contributed by atoms with Gasteiger partial charge in [0.2, 0.25) is 0 Å². The first-order valence-corrected chi connectivity index (χ1v) is 13.9. The molecular formula is C27H51N3. The van der Waals surface area contributed by atoms with Crippen LogP contribution in [0.25, 0.3) is 0 Å². The second kappa shape index (κ2) is 11.7. The van der Waals surface area contributed by atoms with Crippen molar-refractivity contribution in [1.82, 2.24) is 14.7 Å². The molecule has 3 saturated heterocycles. The fourth-order valence-electron chi connectivity index (χ4n) is 7.17. The van der Waals surface area contributed by atoms with Gasteiger partial charge in [0.05, 0.1) is 0 Å². The predicted octanol–water partition coefficient (Wildman–Crippen LogP) is 5.79. The van der Waals surface area contributed by atoms with E-state index in [0.717, 1.165) is 30.0 Å². The molecule has 0 aromatic heterocycles. The Morgan fingerprint density at radius 3 is 1.60 bits per heavy atom. The van der Waals surface area contributed by atoms with Gasteiger partial charge in [0.1, 0.15) is 0 Å². The molecule has 0 aromatic carbocycles. The number of hydrogen-bond acceptors (Lipinski definition) is 3. The summed E-state index contributed by atoms with van der Waals surface area (Å²) in [7, 11) is 0. The van der Waals surface area contributed by atoms with Crippen LogP contribution in [0.1, 0.15) is 104 Å². The SMILES string of the molecule is CC(CCC(CCC(C)N1C[C@@H]2CC[C@@H](C2)C1)N1CCCCC1)N1CCCCCC1. The Labute approximate surface area is 187 Å². The minimum absolute atomic E-state index is 0.783. The highest BCUT2D eigenvalue weighted by Crippen LogP contribution is 2.37. The Hall–Kier alpha value is -0.120. The van der Waals surface area contributed by atoms with E-state index in [4.69, 9.17) is 0 Å². The topological polar surface area (TPSA) is 9.72 Å². The average Bonchev–Trinajstić information content (AvgIpc) is 2.97. The normalized spacial score (nSPS) is 32.6. The third kappa shape index (κ3) is 6.45. The molecule has 0 radical (unpaired) electrons. The van der Waals surface area contributed by atoms with Crippen LogP contribution in [-0.4, -0.2) is 72.1 Å². The minimum Gasteiger partial charge on any atom is -0.301 e. The first kappa shape index (κ1) is 23.1. The quantitative estimate of drug-likeness (QED) is 0.470. The lowest BCUT2D eigenvalue weighted by molar-refractivity contribution is 0.0959. The van der Waals surface area contributed by atoms with E-state index in [-0.39, 0.29) is 0 Å². The van der Waals surface area contributed by atoms with Crippen LogP contribution in [-0.2, 0) is 0 Å². The summed E-state index contributed by atoms with van der Waals surface area (Å²) in [6, 6.07) is 2.41. The highest BCUT2D eigenvalue weighted by Gasteiger charge is 2.34. The molecule has 3 heterocycles. The summed E-state index contributed by atoms with van der Waals surface area (Å²) >= 11 is 0. The fraction of sp³-hybridized carbons (Fsp3) is 1.00. The van der Waals surface area contributed by atoms with E-state index in [1.54, 1.807) is 0 Å². The molecule has 3 unspecified atom stereocenters. The second-order valence-corrected chi connectivity index (χ2v) is 11.6. The molecule has 0 N–H and O–H groups in total. The zero-order chi connectivity index (χ0) is 20.8. The van der Waals surface area contributed by atoms with Crippen molar-refractivity contribution in [2.75, 3.05) is 39.3 Å². The van der Waals surface area contributed by atoms with Crippen molar-refractivity contribution in [1.29, 1.82) is 0 Å². The van der Waals surface area contributed by atoms with Crippen molar-refractivity contribution in [3.8, 4) is 0 Å². The number of likely N-dealkylation sites (tertiary alicyclic amines) is 3. The summed E-state index contributed by atoms with van der Waals surface area (Å²) < 4.78 is 0. The summed E-state index contributed by atoms with van der Waals surface area (Å²) in [5.41, 5.74) is 0. The van der Waals surface area contributed by atoms with Crippen LogP contribution >= 0.6 is 0 Å². The first-order chi connectivity index (χ1) is 14.7. The van der Waals surface area contributed by atoms with E-state index >= 15 is 0 Å². The van der Waals surface area contributed by atoms with Crippen LogP contribution in [0.5, 0.6) is 0 Å². The summed E-state index contributed by atoms with van der Waals surface area (Å²) in [5, 5.41) is 0. The Morgan fingerprint density at radius 2 is 1.03 bits per heavy atom. The predicted molar refractivity (Wildman–Crippen MR) is 129 cm³/mol. The van der Waals surface area contributed by atoms with Gasteiger partial charge in [-0.25, -0.2) is 0 Å². The summed E-state index contributed by atoms with van der Waals surface area (Å²) in [6.07, 6.45) is 20.3. The monoisotopic (exact) mass is 417 g/mol. The van der Waals surface area contributed by atoms with Crippen molar-refractivity contribution >= 4 is 0 Å². The lowest BCUT2D eigenvalue weighted by atomic mass is 9.93. The van der Waals surface area contributed by atoms with Gasteiger partial charge in [0, 0.05) is 31.2 Å². The molecule has 3 aliphatic heterocycles. The van der Waals surface area contributed by atoms with Gasteiger partial charge in [-0.05, 0) is 122 Å². The Kier molecular flexibility index (Phi) is 8.96. The molecule has 1 aliphatic carbocycles. The maximum absolute atomic E-state index is 2.89. The van der Waals surface area contributed by atoms with E-state index in [1.165, 1.54) is 129 Å².